The van der Waals surface area contributed by atoms with E-state index in [9.17, 15) is 14.7 Å². The van der Waals surface area contributed by atoms with E-state index in [0.717, 1.165) is 65.2 Å². The second-order valence-corrected chi connectivity index (χ2v) is 9.71. The van der Waals surface area contributed by atoms with Crippen LogP contribution in [0.5, 0.6) is 0 Å². The lowest BCUT2D eigenvalue weighted by atomic mass is 9.98. The maximum absolute atomic E-state index is 12.7. The number of alkyl carbamates (subject to hydrolysis) is 1. The standard InChI is InChI=1S/C29H32N2O5/c1-18-14-20(19(2)31(18)16-21-8-7-13-35-21)15-27(28(32)33)30-29(34)36-17-26-24-11-5-3-9-22(24)23-10-4-6-12-25(23)26/h3-6,9-12,14,21,26-27H,7-8,13,15-17H2,1-2H3,(H,30,34)(H,32,33). The Morgan fingerprint density at radius 3 is 2.39 bits per heavy atom. The van der Waals surface area contributed by atoms with E-state index in [-0.39, 0.29) is 25.0 Å². The monoisotopic (exact) mass is 488 g/mol. The van der Waals surface area contributed by atoms with Crippen LogP contribution in [-0.4, -0.2) is 47.1 Å². The van der Waals surface area contributed by atoms with Crippen molar-refractivity contribution >= 4 is 12.1 Å². The number of benzene rings is 2. The van der Waals surface area contributed by atoms with E-state index >= 15 is 0 Å². The molecule has 1 fully saturated rings. The number of amides is 1. The van der Waals surface area contributed by atoms with Crippen molar-refractivity contribution in [2.75, 3.05) is 13.2 Å². The Hall–Kier alpha value is -3.58. The number of nitrogens with one attached hydrogen (secondary N) is 1. The van der Waals surface area contributed by atoms with Crippen LogP contribution in [0.15, 0.2) is 54.6 Å². The number of ether oxygens (including phenoxy) is 2. The van der Waals surface area contributed by atoms with Gasteiger partial charge in [0.15, 0.2) is 0 Å². The van der Waals surface area contributed by atoms with Crippen molar-refractivity contribution < 1.29 is 24.2 Å². The lowest BCUT2D eigenvalue weighted by Gasteiger charge is -2.18. The number of nitrogens with zero attached hydrogens (tertiary/aromatic N) is 1. The van der Waals surface area contributed by atoms with Crippen molar-refractivity contribution in [1.82, 2.24) is 9.88 Å². The molecule has 1 aliphatic carbocycles. The summed E-state index contributed by atoms with van der Waals surface area (Å²) in [5, 5.41) is 12.4. The van der Waals surface area contributed by atoms with Gasteiger partial charge in [-0.25, -0.2) is 9.59 Å². The zero-order chi connectivity index (χ0) is 25.2. The second-order valence-electron chi connectivity index (χ2n) is 9.71. The molecule has 7 heteroatoms. The van der Waals surface area contributed by atoms with Gasteiger partial charge in [-0.05, 0) is 60.6 Å². The molecule has 188 valence electrons. The zero-order valence-corrected chi connectivity index (χ0v) is 20.7. The fourth-order valence-corrected chi connectivity index (χ4v) is 5.55. The molecule has 2 N–H and O–H groups in total. The summed E-state index contributed by atoms with van der Waals surface area (Å²) in [6.07, 6.45) is 1.76. The topological polar surface area (TPSA) is 89.8 Å². The number of hydrogen-bond acceptors (Lipinski definition) is 4. The summed E-state index contributed by atoms with van der Waals surface area (Å²) >= 11 is 0. The largest absolute Gasteiger partial charge is 0.480 e. The Morgan fingerprint density at radius 2 is 1.78 bits per heavy atom. The maximum Gasteiger partial charge on any atom is 0.407 e. The normalized spacial score (nSPS) is 17.4. The van der Waals surface area contributed by atoms with Gasteiger partial charge in [0.1, 0.15) is 12.6 Å². The van der Waals surface area contributed by atoms with Crippen molar-refractivity contribution in [3.63, 3.8) is 0 Å². The van der Waals surface area contributed by atoms with E-state index in [1.54, 1.807) is 0 Å². The lowest BCUT2D eigenvalue weighted by Crippen LogP contribution is -2.43. The van der Waals surface area contributed by atoms with E-state index in [4.69, 9.17) is 9.47 Å². The average Bonchev–Trinajstić information content (AvgIpc) is 3.56. The minimum absolute atomic E-state index is 0.0804. The number of hydrogen-bond donors (Lipinski definition) is 2. The molecule has 1 amide bonds. The van der Waals surface area contributed by atoms with Gasteiger partial charge >= 0.3 is 12.1 Å². The van der Waals surface area contributed by atoms with Crippen LogP contribution >= 0.6 is 0 Å². The molecular weight excluding hydrogens is 456 g/mol. The molecule has 0 saturated carbocycles. The van der Waals surface area contributed by atoms with Crippen LogP contribution in [-0.2, 0) is 27.2 Å². The Bertz CT molecular complexity index is 1230. The molecule has 2 aliphatic rings. The first-order valence-electron chi connectivity index (χ1n) is 12.5. The highest BCUT2D eigenvalue weighted by molar-refractivity contribution is 5.81. The van der Waals surface area contributed by atoms with E-state index in [2.05, 4.69) is 22.0 Å². The summed E-state index contributed by atoms with van der Waals surface area (Å²) in [7, 11) is 0. The molecule has 1 aliphatic heterocycles. The van der Waals surface area contributed by atoms with Crippen LogP contribution in [0.25, 0.3) is 11.1 Å². The SMILES string of the molecule is Cc1cc(CC(NC(=O)OCC2c3ccccc3-c3ccccc32)C(=O)O)c(C)n1CC1CCCO1. The Morgan fingerprint density at radius 1 is 1.11 bits per heavy atom. The summed E-state index contributed by atoms with van der Waals surface area (Å²) in [6, 6.07) is 17.1. The van der Waals surface area contributed by atoms with Gasteiger partial charge in [0.05, 0.1) is 6.10 Å². The summed E-state index contributed by atoms with van der Waals surface area (Å²) in [6.45, 7) is 5.70. The predicted octanol–water partition coefficient (Wildman–Crippen LogP) is 4.82. The fourth-order valence-electron chi connectivity index (χ4n) is 5.55. The molecule has 3 aromatic rings. The minimum Gasteiger partial charge on any atom is -0.480 e. The lowest BCUT2D eigenvalue weighted by molar-refractivity contribution is -0.139. The molecule has 2 heterocycles. The van der Waals surface area contributed by atoms with Gasteiger partial charge in [0.2, 0.25) is 0 Å². The minimum atomic E-state index is -1.09. The number of aromatic nitrogens is 1. The first-order valence-corrected chi connectivity index (χ1v) is 12.5. The molecule has 2 atom stereocenters. The first kappa shape index (κ1) is 24.1. The third-order valence-electron chi connectivity index (χ3n) is 7.45. The van der Waals surface area contributed by atoms with Gasteiger partial charge < -0.3 is 24.5 Å². The number of carboxylic acid groups (broad SMARTS) is 1. The van der Waals surface area contributed by atoms with Gasteiger partial charge in [-0.2, -0.15) is 0 Å². The third kappa shape index (κ3) is 4.75. The quantitative estimate of drug-likeness (QED) is 0.475. The first-order chi connectivity index (χ1) is 17.4. The number of carbonyl (C=O) groups excluding carboxylic acids is 1. The van der Waals surface area contributed by atoms with Crippen LogP contribution < -0.4 is 5.32 Å². The molecule has 0 spiro atoms. The molecule has 36 heavy (non-hydrogen) atoms. The van der Waals surface area contributed by atoms with Crippen LogP contribution in [0.3, 0.4) is 0 Å². The van der Waals surface area contributed by atoms with E-state index in [1.807, 2.05) is 56.3 Å². The van der Waals surface area contributed by atoms with Crippen molar-refractivity contribution in [3.05, 3.63) is 82.7 Å². The maximum atomic E-state index is 12.7. The zero-order valence-electron chi connectivity index (χ0n) is 20.7. The molecule has 2 unspecified atom stereocenters. The van der Waals surface area contributed by atoms with Crippen molar-refractivity contribution in [1.29, 1.82) is 0 Å². The Balaban J connectivity index is 1.24. The number of aryl methyl sites for hydroxylation is 1. The smallest absolute Gasteiger partial charge is 0.407 e. The second kappa shape index (κ2) is 10.2. The van der Waals surface area contributed by atoms with Crippen molar-refractivity contribution in [2.45, 2.75) is 57.7 Å². The van der Waals surface area contributed by atoms with Gasteiger partial charge in [-0.1, -0.05) is 48.5 Å². The van der Waals surface area contributed by atoms with Gasteiger partial charge in [-0.3, -0.25) is 0 Å². The number of carbonyl (C=O) groups is 2. The van der Waals surface area contributed by atoms with Gasteiger partial charge in [-0.15, -0.1) is 0 Å². The highest BCUT2D eigenvalue weighted by Gasteiger charge is 2.30. The molecule has 5 rings (SSSR count). The molecule has 2 aromatic carbocycles. The fraction of sp³-hybridized carbons (Fsp3) is 0.379. The third-order valence-corrected chi connectivity index (χ3v) is 7.45. The predicted molar refractivity (Wildman–Crippen MR) is 136 cm³/mol. The Labute approximate surface area is 211 Å². The molecule has 0 radical (unpaired) electrons. The highest BCUT2D eigenvalue weighted by Crippen LogP contribution is 2.44. The van der Waals surface area contributed by atoms with Crippen LogP contribution in [0.2, 0.25) is 0 Å². The van der Waals surface area contributed by atoms with E-state index in [0.29, 0.717) is 0 Å². The van der Waals surface area contributed by atoms with Gasteiger partial charge in [0, 0.05) is 36.9 Å². The summed E-state index contributed by atoms with van der Waals surface area (Å²) in [4.78, 5) is 24.7. The number of aliphatic carboxylic acids is 1. The van der Waals surface area contributed by atoms with E-state index < -0.39 is 18.1 Å². The van der Waals surface area contributed by atoms with Gasteiger partial charge in [0.25, 0.3) is 0 Å². The van der Waals surface area contributed by atoms with Crippen LogP contribution in [0.4, 0.5) is 4.79 Å². The summed E-state index contributed by atoms with van der Waals surface area (Å²) in [5.74, 6) is -1.17. The molecule has 7 nitrogen and oxygen atoms in total. The van der Waals surface area contributed by atoms with Crippen molar-refractivity contribution in [2.24, 2.45) is 0 Å². The van der Waals surface area contributed by atoms with Crippen molar-refractivity contribution in [3.8, 4) is 11.1 Å². The van der Waals surface area contributed by atoms with Crippen LogP contribution in [0, 0.1) is 13.8 Å². The van der Waals surface area contributed by atoms with E-state index in [1.165, 1.54) is 0 Å². The highest BCUT2D eigenvalue weighted by atomic mass is 16.5. The molecular formula is C29H32N2O5. The Kier molecular flexibility index (Phi) is 6.83. The summed E-state index contributed by atoms with van der Waals surface area (Å²) < 4.78 is 13.5. The van der Waals surface area contributed by atoms with Crippen LogP contribution in [0.1, 0.15) is 46.8 Å². The number of carboxylic acids is 1. The number of fused-ring (bicyclic) bond motifs is 3. The average molecular weight is 489 g/mol. The number of rotatable bonds is 8. The molecule has 1 aromatic heterocycles. The molecule has 0 bridgehead atoms. The summed E-state index contributed by atoms with van der Waals surface area (Å²) in [5.41, 5.74) is 7.47. The molecule has 1 saturated heterocycles.